The number of unbranched alkanes of at least 4 members (excludes halogenated alkanes) is 4. The van der Waals surface area contributed by atoms with Crippen molar-refractivity contribution in [2.24, 2.45) is 0 Å². The Balaban J connectivity index is 2.02. The summed E-state index contributed by atoms with van der Waals surface area (Å²) in [4.78, 5) is 4.73. The third-order valence-corrected chi connectivity index (χ3v) is 5.50. The molecule has 0 unspecified atom stereocenters. The van der Waals surface area contributed by atoms with Gasteiger partial charge in [0.2, 0.25) is 0 Å². The minimum atomic E-state index is 0.957. The molecule has 0 saturated heterocycles. The van der Waals surface area contributed by atoms with E-state index in [-0.39, 0.29) is 0 Å². The van der Waals surface area contributed by atoms with E-state index >= 15 is 0 Å². The summed E-state index contributed by atoms with van der Waals surface area (Å²) in [5.74, 6) is 0. The first-order chi connectivity index (χ1) is 13.1. The lowest BCUT2D eigenvalue weighted by molar-refractivity contribution is 0.631. The van der Waals surface area contributed by atoms with Crippen LogP contribution in [0.1, 0.15) is 73.9 Å². The normalized spacial score (nSPS) is 11.4. The Kier molecular flexibility index (Phi) is 6.30. The Morgan fingerprint density at radius 3 is 2.30 bits per heavy atom. The molecule has 0 saturated carbocycles. The van der Waals surface area contributed by atoms with Crippen molar-refractivity contribution in [2.75, 3.05) is 0 Å². The van der Waals surface area contributed by atoms with Crippen LogP contribution < -0.4 is 0 Å². The summed E-state index contributed by atoms with van der Waals surface area (Å²) < 4.78 is 2.09. The van der Waals surface area contributed by atoms with Crippen LogP contribution in [0.3, 0.4) is 0 Å². The molecule has 1 aromatic carbocycles. The number of fused-ring (bicyclic) bond motifs is 1. The highest BCUT2D eigenvalue weighted by Gasteiger charge is 2.17. The standard InChI is InChI=1S/C24H33N3/c1-6-8-9-10-11-12-20-21(7-2)26-27-22(13-14-25-24(20)27)23-18(4)15-17(3)16-19(23)5/h13-16H,6-12H2,1-5H3. The van der Waals surface area contributed by atoms with Gasteiger partial charge in [0, 0.05) is 17.3 Å². The first-order valence-electron chi connectivity index (χ1n) is 10.5. The van der Waals surface area contributed by atoms with E-state index in [0.717, 1.165) is 24.2 Å². The maximum atomic E-state index is 4.98. The summed E-state index contributed by atoms with van der Waals surface area (Å²) >= 11 is 0. The van der Waals surface area contributed by atoms with Crippen molar-refractivity contribution in [3.8, 4) is 11.3 Å². The molecule has 3 nitrogen and oxygen atoms in total. The summed E-state index contributed by atoms with van der Waals surface area (Å²) in [7, 11) is 0. The van der Waals surface area contributed by atoms with Crippen LogP contribution in [0, 0.1) is 20.8 Å². The van der Waals surface area contributed by atoms with Gasteiger partial charge in [-0.1, -0.05) is 57.2 Å². The van der Waals surface area contributed by atoms with E-state index in [4.69, 9.17) is 10.1 Å². The molecule has 144 valence electrons. The molecule has 3 aromatic rings. The van der Waals surface area contributed by atoms with Crippen LogP contribution in [0.25, 0.3) is 16.9 Å². The quantitative estimate of drug-likeness (QED) is 0.434. The highest BCUT2D eigenvalue weighted by Crippen LogP contribution is 2.30. The van der Waals surface area contributed by atoms with Gasteiger partial charge in [0.25, 0.3) is 0 Å². The summed E-state index contributed by atoms with van der Waals surface area (Å²) in [5.41, 5.74) is 9.94. The average Bonchev–Trinajstić information content (AvgIpc) is 2.99. The van der Waals surface area contributed by atoms with Gasteiger partial charge in [0.15, 0.2) is 5.65 Å². The topological polar surface area (TPSA) is 30.2 Å². The molecule has 0 N–H and O–H groups in total. The van der Waals surface area contributed by atoms with Crippen LogP contribution in [-0.4, -0.2) is 14.6 Å². The third-order valence-electron chi connectivity index (χ3n) is 5.50. The predicted octanol–water partition coefficient (Wildman–Crippen LogP) is 6.40. The molecule has 0 amide bonds. The largest absolute Gasteiger partial charge is 0.237 e. The van der Waals surface area contributed by atoms with E-state index in [1.165, 1.54) is 65.6 Å². The molecule has 0 radical (unpaired) electrons. The Bertz CT molecular complexity index is 898. The zero-order valence-corrected chi connectivity index (χ0v) is 17.6. The van der Waals surface area contributed by atoms with Crippen LogP contribution >= 0.6 is 0 Å². The molecular formula is C24H33N3. The van der Waals surface area contributed by atoms with Gasteiger partial charge in [0.05, 0.1) is 11.4 Å². The van der Waals surface area contributed by atoms with E-state index in [0.29, 0.717) is 0 Å². The highest BCUT2D eigenvalue weighted by atomic mass is 15.3. The zero-order chi connectivity index (χ0) is 19.4. The van der Waals surface area contributed by atoms with Gasteiger partial charge < -0.3 is 0 Å². The van der Waals surface area contributed by atoms with E-state index in [1.807, 2.05) is 6.20 Å². The first-order valence-corrected chi connectivity index (χ1v) is 10.5. The van der Waals surface area contributed by atoms with Gasteiger partial charge in [-0.25, -0.2) is 9.50 Å². The van der Waals surface area contributed by atoms with Crippen LogP contribution in [0.5, 0.6) is 0 Å². The Morgan fingerprint density at radius 2 is 1.63 bits per heavy atom. The van der Waals surface area contributed by atoms with Crippen molar-refractivity contribution >= 4 is 5.65 Å². The van der Waals surface area contributed by atoms with E-state index in [2.05, 4.69) is 57.3 Å². The predicted molar refractivity (Wildman–Crippen MR) is 114 cm³/mol. The second kappa shape index (κ2) is 8.69. The number of benzene rings is 1. The molecule has 0 aliphatic carbocycles. The molecule has 27 heavy (non-hydrogen) atoms. The lowest BCUT2D eigenvalue weighted by atomic mass is 9.97. The van der Waals surface area contributed by atoms with Gasteiger partial charge in [0.1, 0.15) is 0 Å². The molecule has 0 atom stereocenters. The maximum absolute atomic E-state index is 4.98. The van der Waals surface area contributed by atoms with Crippen LogP contribution in [-0.2, 0) is 12.8 Å². The Morgan fingerprint density at radius 1 is 0.926 bits per heavy atom. The van der Waals surface area contributed by atoms with Crippen molar-refractivity contribution < 1.29 is 0 Å². The van der Waals surface area contributed by atoms with E-state index in [1.54, 1.807) is 0 Å². The molecule has 0 aliphatic rings. The average molecular weight is 364 g/mol. The number of aryl methyl sites for hydroxylation is 5. The monoisotopic (exact) mass is 363 g/mol. The second-order valence-electron chi connectivity index (χ2n) is 7.78. The smallest absolute Gasteiger partial charge is 0.159 e. The van der Waals surface area contributed by atoms with Gasteiger partial charge in [-0.2, -0.15) is 5.10 Å². The van der Waals surface area contributed by atoms with Gasteiger partial charge in [-0.15, -0.1) is 0 Å². The van der Waals surface area contributed by atoms with Crippen molar-refractivity contribution in [1.29, 1.82) is 0 Å². The molecule has 0 fully saturated rings. The fourth-order valence-corrected chi connectivity index (χ4v) is 4.25. The minimum absolute atomic E-state index is 0.957. The number of hydrogen-bond donors (Lipinski definition) is 0. The van der Waals surface area contributed by atoms with Crippen molar-refractivity contribution in [3.05, 3.63) is 52.3 Å². The van der Waals surface area contributed by atoms with Crippen molar-refractivity contribution in [3.63, 3.8) is 0 Å². The summed E-state index contributed by atoms with van der Waals surface area (Å²) in [6.45, 7) is 11.0. The Hall–Kier alpha value is -2.16. The van der Waals surface area contributed by atoms with Gasteiger partial charge in [-0.3, -0.25) is 0 Å². The van der Waals surface area contributed by atoms with E-state index < -0.39 is 0 Å². The highest BCUT2D eigenvalue weighted by molar-refractivity contribution is 5.71. The fraction of sp³-hybridized carbons (Fsp3) is 0.500. The number of aromatic nitrogens is 3. The lowest BCUT2D eigenvalue weighted by Gasteiger charge is -2.12. The third kappa shape index (κ3) is 4.07. The number of nitrogens with zero attached hydrogens (tertiary/aromatic N) is 3. The molecule has 0 spiro atoms. The number of hydrogen-bond acceptors (Lipinski definition) is 2. The fourth-order valence-electron chi connectivity index (χ4n) is 4.25. The molecular weight excluding hydrogens is 330 g/mol. The van der Waals surface area contributed by atoms with Crippen LogP contribution in [0.2, 0.25) is 0 Å². The summed E-state index contributed by atoms with van der Waals surface area (Å²) in [6, 6.07) is 6.62. The van der Waals surface area contributed by atoms with Gasteiger partial charge in [-0.05, 0) is 57.2 Å². The van der Waals surface area contributed by atoms with Crippen LogP contribution in [0.15, 0.2) is 24.4 Å². The van der Waals surface area contributed by atoms with Crippen molar-refractivity contribution in [1.82, 2.24) is 14.6 Å². The number of rotatable bonds is 8. The Labute approximate surface area is 163 Å². The first kappa shape index (κ1) is 19.6. The summed E-state index contributed by atoms with van der Waals surface area (Å²) in [6.07, 6.45) is 10.5. The SMILES string of the molecule is CCCCCCCc1c(CC)nn2c(-c3c(C)cc(C)cc3C)ccnc12. The lowest BCUT2D eigenvalue weighted by Crippen LogP contribution is -2.00. The molecule has 0 bridgehead atoms. The minimum Gasteiger partial charge on any atom is -0.237 e. The second-order valence-corrected chi connectivity index (χ2v) is 7.78. The van der Waals surface area contributed by atoms with Gasteiger partial charge >= 0.3 is 0 Å². The zero-order valence-electron chi connectivity index (χ0n) is 17.6. The maximum Gasteiger partial charge on any atom is 0.159 e. The molecule has 3 rings (SSSR count). The van der Waals surface area contributed by atoms with Crippen molar-refractivity contribution in [2.45, 2.75) is 79.6 Å². The molecule has 0 aliphatic heterocycles. The van der Waals surface area contributed by atoms with Crippen LogP contribution in [0.4, 0.5) is 0 Å². The van der Waals surface area contributed by atoms with E-state index in [9.17, 15) is 0 Å². The summed E-state index contributed by atoms with van der Waals surface area (Å²) in [5, 5.41) is 4.98. The molecule has 3 heteroatoms. The molecule has 2 aromatic heterocycles. The molecule has 2 heterocycles.